The summed E-state index contributed by atoms with van der Waals surface area (Å²) in [6.07, 6.45) is 0. The molecule has 0 spiro atoms. The number of rotatable bonds is 8. The Morgan fingerprint density at radius 3 is 2.36 bits per heavy atom. The van der Waals surface area contributed by atoms with E-state index in [1.807, 2.05) is 40.0 Å². The third-order valence-corrected chi connectivity index (χ3v) is 4.58. The van der Waals surface area contributed by atoms with E-state index in [4.69, 9.17) is 9.47 Å². The summed E-state index contributed by atoms with van der Waals surface area (Å²) in [6.45, 7) is 8.57. The normalized spacial score (nSPS) is 14.4. The second-order valence-electron chi connectivity index (χ2n) is 6.96. The SMILES string of the molecule is COc1cc(C)c(C[NH+](C)CC(=O)N[C@](C)(C#N)C(C)C)cc1OC. The summed E-state index contributed by atoms with van der Waals surface area (Å²) >= 11 is 0. The lowest BCUT2D eigenvalue weighted by Crippen LogP contribution is -3.09. The molecule has 0 radical (unpaired) electrons. The minimum Gasteiger partial charge on any atom is -0.493 e. The number of benzene rings is 1. The van der Waals surface area contributed by atoms with E-state index in [0.717, 1.165) is 16.0 Å². The van der Waals surface area contributed by atoms with Gasteiger partial charge in [-0.2, -0.15) is 5.26 Å². The summed E-state index contributed by atoms with van der Waals surface area (Å²) in [4.78, 5) is 13.3. The smallest absolute Gasteiger partial charge is 0.276 e. The summed E-state index contributed by atoms with van der Waals surface area (Å²) in [6, 6.07) is 6.08. The molecule has 0 fully saturated rings. The van der Waals surface area contributed by atoms with E-state index in [1.165, 1.54) is 0 Å². The van der Waals surface area contributed by atoms with Gasteiger partial charge >= 0.3 is 0 Å². The van der Waals surface area contributed by atoms with E-state index in [-0.39, 0.29) is 18.4 Å². The van der Waals surface area contributed by atoms with Crippen LogP contribution < -0.4 is 19.7 Å². The van der Waals surface area contributed by atoms with E-state index in [2.05, 4.69) is 11.4 Å². The van der Waals surface area contributed by atoms with Crippen molar-refractivity contribution in [3.05, 3.63) is 23.3 Å². The first kappa shape index (κ1) is 20.8. The van der Waals surface area contributed by atoms with Gasteiger partial charge in [0.05, 0.1) is 27.3 Å². The van der Waals surface area contributed by atoms with Gasteiger partial charge in [0.2, 0.25) is 0 Å². The zero-order valence-electron chi connectivity index (χ0n) is 16.3. The van der Waals surface area contributed by atoms with Crippen LogP contribution in [0.15, 0.2) is 12.1 Å². The predicted molar refractivity (Wildman–Crippen MR) is 96.7 cm³/mol. The number of carbonyl (C=O) groups is 1. The molecule has 6 heteroatoms. The van der Waals surface area contributed by atoms with Gasteiger partial charge in [0.1, 0.15) is 12.1 Å². The molecule has 1 unspecified atom stereocenters. The van der Waals surface area contributed by atoms with E-state index in [0.29, 0.717) is 18.0 Å². The molecule has 1 aromatic carbocycles. The fraction of sp³-hybridized carbons (Fsp3) is 0.579. The van der Waals surface area contributed by atoms with Crippen LogP contribution in [0.25, 0.3) is 0 Å². The largest absolute Gasteiger partial charge is 0.493 e. The number of aryl methyl sites for hydroxylation is 1. The van der Waals surface area contributed by atoms with Crippen LogP contribution in [0.3, 0.4) is 0 Å². The Morgan fingerprint density at radius 1 is 1.32 bits per heavy atom. The van der Waals surface area contributed by atoms with Crippen LogP contribution in [0.1, 0.15) is 31.9 Å². The molecule has 0 aliphatic carbocycles. The Labute approximate surface area is 150 Å². The van der Waals surface area contributed by atoms with Crippen LogP contribution in [-0.4, -0.2) is 39.3 Å². The first-order chi connectivity index (χ1) is 11.7. The lowest BCUT2D eigenvalue weighted by atomic mass is 9.90. The third kappa shape index (κ3) is 5.36. The Kier molecular flexibility index (Phi) is 7.25. The highest BCUT2D eigenvalue weighted by molar-refractivity contribution is 5.78. The molecule has 138 valence electrons. The molecule has 0 saturated carbocycles. The van der Waals surface area contributed by atoms with E-state index in [9.17, 15) is 10.1 Å². The van der Waals surface area contributed by atoms with E-state index in [1.54, 1.807) is 21.1 Å². The highest BCUT2D eigenvalue weighted by Crippen LogP contribution is 2.29. The summed E-state index contributed by atoms with van der Waals surface area (Å²) in [5, 5.41) is 12.2. The van der Waals surface area contributed by atoms with Crippen LogP contribution >= 0.6 is 0 Å². The number of ether oxygens (including phenoxy) is 2. The molecule has 0 aromatic heterocycles. The van der Waals surface area contributed by atoms with Crippen LogP contribution in [0.5, 0.6) is 11.5 Å². The van der Waals surface area contributed by atoms with Gasteiger partial charge in [0.15, 0.2) is 18.0 Å². The second-order valence-corrected chi connectivity index (χ2v) is 6.96. The molecule has 0 aliphatic rings. The molecule has 6 nitrogen and oxygen atoms in total. The van der Waals surface area contributed by atoms with Crippen molar-refractivity contribution in [2.45, 2.75) is 39.8 Å². The molecule has 25 heavy (non-hydrogen) atoms. The van der Waals surface area contributed by atoms with E-state index >= 15 is 0 Å². The van der Waals surface area contributed by atoms with Gasteiger partial charge in [-0.1, -0.05) is 13.8 Å². The van der Waals surface area contributed by atoms with Crippen LogP contribution in [0.2, 0.25) is 0 Å². The molecule has 1 amide bonds. The molecule has 1 rings (SSSR count). The Balaban J connectivity index is 2.79. The molecule has 1 aromatic rings. The zero-order valence-corrected chi connectivity index (χ0v) is 16.3. The minimum absolute atomic E-state index is 0.0369. The second kappa shape index (κ2) is 8.72. The average molecular weight is 348 g/mol. The summed E-state index contributed by atoms with van der Waals surface area (Å²) in [5.74, 6) is 1.28. The Bertz CT molecular complexity index is 652. The van der Waals surface area contributed by atoms with Crippen LogP contribution in [0, 0.1) is 24.2 Å². The lowest BCUT2D eigenvalue weighted by Gasteiger charge is -2.27. The van der Waals surface area contributed by atoms with Crippen molar-refractivity contribution in [2.24, 2.45) is 5.92 Å². The maximum absolute atomic E-state index is 12.3. The van der Waals surface area contributed by atoms with Crippen molar-refractivity contribution < 1.29 is 19.2 Å². The number of nitriles is 1. The maximum atomic E-state index is 12.3. The average Bonchev–Trinajstić information content (AvgIpc) is 2.55. The number of methoxy groups -OCH3 is 2. The zero-order chi connectivity index (χ0) is 19.2. The number of quaternary nitrogens is 1. The highest BCUT2D eigenvalue weighted by atomic mass is 16.5. The maximum Gasteiger partial charge on any atom is 0.276 e. The van der Waals surface area contributed by atoms with Crippen molar-refractivity contribution in [3.8, 4) is 17.6 Å². The number of hydrogen-bond acceptors (Lipinski definition) is 4. The number of likely N-dealkylation sites (N-methyl/N-ethyl adjacent to an activating group) is 1. The number of nitrogens with one attached hydrogen (secondary N) is 2. The van der Waals surface area contributed by atoms with Crippen molar-refractivity contribution in [1.82, 2.24) is 5.32 Å². The van der Waals surface area contributed by atoms with Crippen molar-refractivity contribution in [3.63, 3.8) is 0 Å². The molecular formula is C19H30N3O3+. The highest BCUT2D eigenvalue weighted by Gasteiger charge is 2.30. The first-order valence-corrected chi connectivity index (χ1v) is 8.41. The number of hydrogen-bond donors (Lipinski definition) is 2. The van der Waals surface area contributed by atoms with Crippen molar-refractivity contribution in [1.29, 1.82) is 5.26 Å². The van der Waals surface area contributed by atoms with Gasteiger partial charge in [0, 0.05) is 5.56 Å². The molecule has 0 aliphatic heterocycles. The number of carbonyl (C=O) groups excluding carboxylic acids is 1. The molecule has 2 atom stereocenters. The fourth-order valence-electron chi connectivity index (χ4n) is 2.51. The number of nitrogens with zero attached hydrogens (tertiary/aromatic N) is 1. The van der Waals surface area contributed by atoms with Gasteiger partial charge in [-0.05, 0) is 37.5 Å². The summed E-state index contributed by atoms with van der Waals surface area (Å²) in [5.41, 5.74) is 1.33. The van der Waals surface area contributed by atoms with Gasteiger partial charge in [-0.3, -0.25) is 4.79 Å². The summed E-state index contributed by atoms with van der Waals surface area (Å²) in [7, 11) is 5.17. The van der Waals surface area contributed by atoms with Crippen molar-refractivity contribution in [2.75, 3.05) is 27.8 Å². The molecule has 0 saturated heterocycles. The van der Waals surface area contributed by atoms with Gasteiger partial charge in [-0.25, -0.2) is 0 Å². The Morgan fingerprint density at radius 2 is 1.88 bits per heavy atom. The van der Waals surface area contributed by atoms with Gasteiger partial charge in [0.25, 0.3) is 5.91 Å². The molecule has 0 bridgehead atoms. The van der Waals surface area contributed by atoms with E-state index < -0.39 is 5.54 Å². The predicted octanol–water partition coefficient (Wildman–Crippen LogP) is 1.08. The quantitative estimate of drug-likeness (QED) is 0.737. The van der Waals surface area contributed by atoms with Gasteiger partial charge < -0.3 is 19.7 Å². The topological polar surface area (TPSA) is 75.8 Å². The van der Waals surface area contributed by atoms with Crippen molar-refractivity contribution >= 4 is 5.91 Å². The monoisotopic (exact) mass is 348 g/mol. The first-order valence-electron chi connectivity index (χ1n) is 8.41. The van der Waals surface area contributed by atoms with Crippen LogP contribution in [-0.2, 0) is 11.3 Å². The number of amides is 1. The Hall–Kier alpha value is -2.26. The lowest BCUT2D eigenvalue weighted by molar-refractivity contribution is -0.885. The van der Waals surface area contributed by atoms with Gasteiger partial charge in [-0.15, -0.1) is 0 Å². The summed E-state index contributed by atoms with van der Waals surface area (Å²) < 4.78 is 10.7. The standard InChI is InChI=1S/C19H29N3O3/c1-13(2)19(4,12-20)21-18(23)11-22(5)10-15-9-17(25-7)16(24-6)8-14(15)3/h8-9,13H,10-11H2,1-7H3,(H,21,23)/p+1/t19-/m1/s1. The third-order valence-electron chi connectivity index (χ3n) is 4.58. The minimum atomic E-state index is -0.851. The molecule has 2 N–H and O–H groups in total. The fourth-order valence-corrected chi connectivity index (χ4v) is 2.51. The molecule has 0 heterocycles. The van der Waals surface area contributed by atoms with Crippen LogP contribution in [0.4, 0.5) is 0 Å². The molecular weight excluding hydrogens is 318 g/mol.